The van der Waals surface area contributed by atoms with Gasteiger partial charge in [-0.25, -0.2) is 9.97 Å². The highest BCUT2D eigenvalue weighted by Crippen LogP contribution is 2.39. The second-order valence-electron chi connectivity index (χ2n) is 6.17. The van der Waals surface area contributed by atoms with Crippen LogP contribution in [0.5, 0.6) is 0 Å². The van der Waals surface area contributed by atoms with Crippen molar-refractivity contribution in [1.29, 1.82) is 0 Å². The van der Waals surface area contributed by atoms with Gasteiger partial charge in [-0.3, -0.25) is 4.79 Å². The number of halogens is 1. The van der Waals surface area contributed by atoms with Gasteiger partial charge in [0.05, 0.1) is 0 Å². The van der Waals surface area contributed by atoms with Crippen LogP contribution in [0.1, 0.15) is 37.4 Å². The molecule has 0 saturated heterocycles. The van der Waals surface area contributed by atoms with E-state index in [9.17, 15) is 4.79 Å². The van der Waals surface area contributed by atoms with Crippen LogP contribution in [0.2, 0.25) is 5.15 Å². The number of carbonyl (C=O) groups excluding carboxylic acids is 1. The van der Waals surface area contributed by atoms with Gasteiger partial charge >= 0.3 is 0 Å². The molecule has 0 unspecified atom stereocenters. The molecule has 2 saturated carbocycles. The number of carbonyl (C=O) groups is 1. The van der Waals surface area contributed by atoms with Crippen LogP contribution >= 0.6 is 11.6 Å². The largest absolute Gasteiger partial charge is 0.340 e. The smallest absolute Gasteiger partial charge is 0.227 e. The zero-order valence-electron chi connectivity index (χ0n) is 12.6. The van der Waals surface area contributed by atoms with Gasteiger partial charge in [0.2, 0.25) is 5.91 Å². The summed E-state index contributed by atoms with van der Waals surface area (Å²) in [5.41, 5.74) is 1.71. The van der Waals surface area contributed by atoms with Crippen molar-refractivity contribution in [3.63, 3.8) is 0 Å². The molecule has 2 aromatic rings. The number of amides is 1. The summed E-state index contributed by atoms with van der Waals surface area (Å²) in [4.78, 5) is 20.5. The number of aromatic nitrogens is 2. The number of anilines is 3. The molecule has 0 radical (unpaired) electrons. The van der Waals surface area contributed by atoms with E-state index >= 15 is 0 Å². The molecule has 1 amide bonds. The van der Waals surface area contributed by atoms with Gasteiger partial charge in [-0.05, 0) is 49.9 Å². The SMILES string of the molecule is O=C(Nc1ccc(Nc2cc(Cl)nc(C3CC3)n2)cc1)C1CC1. The molecule has 23 heavy (non-hydrogen) atoms. The van der Waals surface area contributed by atoms with Crippen LogP contribution in [-0.4, -0.2) is 15.9 Å². The minimum absolute atomic E-state index is 0.113. The zero-order chi connectivity index (χ0) is 15.8. The molecule has 118 valence electrons. The highest BCUT2D eigenvalue weighted by Gasteiger charge is 2.29. The van der Waals surface area contributed by atoms with E-state index in [0.29, 0.717) is 16.9 Å². The van der Waals surface area contributed by atoms with Crippen molar-refractivity contribution in [3.8, 4) is 0 Å². The van der Waals surface area contributed by atoms with Gasteiger partial charge in [-0.15, -0.1) is 0 Å². The van der Waals surface area contributed by atoms with Crippen LogP contribution < -0.4 is 10.6 Å². The molecular formula is C17H17ClN4O. The third-order valence-electron chi connectivity index (χ3n) is 4.03. The van der Waals surface area contributed by atoms with E-state index in [1.165, 1.54) is 0 Å². The molecule has 6 heteroatoms. The summed E-state index contributed by atoms with van der Waals surface area (Å²) in [5, 5.41) is 6.61. The first-order valence-corrected chi connectivity index (χ1v) is 8.27. The molecule has 0 spiro atoms. The van der Waals surface area contributed by atoms with Gasteiger partial charge in [0.15, 0.2) is 0 Å². The van der Waals surface area contributed by atoms with Gasteiger partial charge in [0.1, 0.15) is 16.8 Å². The van der Waals surface area contributed by atoms with E-state index in [0.717, 1.165) is 42.9 Å². The molecular weight excluding hydrogens is 312 g/mol. The molecule has 2 aliphatic carbocycles. The molecule has 0 aliphatic heterocycles. The van der Waals surface area contributed by atoms with Crippen molar-refractivity contribution in [3.05, 3.63) is 41.3 Å². The molecule has 5 nitrogen and oxygen atoms in total. The summed E-state index contributed by atoms with van der Waals surface area (Å²) in [6, 6.07) is 9.31. The van der Waals surface area contributed by atoms with Gasteiger partial charge in [0.25, 0.3) is 0 Å². The fraction of sp³-hybridized carbons (Fsp3) is 0.353. The number of nitrogens with one attached hydrogen (secondary N) is 2. The first-order chi connectivity index (χ1) is 11.2. The van der Waals surface area contributed by atoms with Crippen molar-refractivity contribution in [2.45, 2.75) is 31.6 Å². The standard InChI is InChI=1S/C17H17ClN4O/c18-14-9-15(22-16(21-14)10-1-2-10)19-12-5-7-13(8-6-12)20-17(23)11-3-4-11/h5-11H,1-4H2,(H,20,23)(H,19,21,22). The van der Waals surface area contributed by atoms with Crippen molar-refractivity contribution in [2.75, 3.05) is 10.6 Å². The predicted molar refractivity (Wildman–Crippen MR) is 90.1 cm³/mol. The summed E-state index contributed by atoms with van der Waals surface area (Å²) < 4.78 is 0. The van der Waals surface area contributed by atoms with E-state index < -0.39 is 0 Å². The van der Waals surface area contributed by atoms with Gasteiger partial charge in [-0.1, -0.05) is 11.6 Å². The lowest BCUT2D eigenvalue weighted by molar-refractivity contribution is -0.117. The van der Waals surface area contributed by atoms with Gasteiger partial charge in [0, 0.05) is 29.3 Å². The lowest BCUT2D eigenvalue weighted by Gasteiger charge is -2.09. The van der Waals surface area contributed by atoms with E-state index in [4.69, 9.17) is 11.6 Å². The topological polar surface area (TPSA) is 66.9 Å². The summed E-state index contributed by atoms with van der Waals surface area (Å²) in [5.74, 6) is 2.28. The number of hydrogen-bond acceptors (Lipinski definition) is 4. The van der Waals surface area contributed by atoms with Crippen LogP contribution in [-0.2, 0) is 4.79 Å². The maximum Gasteiger partial charge on any atom is 0.227 e. The van der Waals surface area contributed by atoms with E-state index in [-0.39, 0.29) is 11.8 Å². The second kappa shape index (κ2) is 5.81. The number of benzene rings is 1. The van der Waals surface area contributed by atoms with Crippen molar-refractivity contribution < 1.29 is 4.79 Å². The Balaban J connectivity index is 1.45. The fourth-order valence-corrected chi connectivity index (χ4v) is 2.59. The van der Waals surface area contributed by atoms with E-state index in [1.807, 2.05) is 24.3 Å². The molecule has 2 N–H and O–H groups in total. The molecule has 0 atom stereocenters. The fourth-order valence-electron chi connectivity index (χ4n) is 2.40. The average Bonchev–Trinajstić information content (AvgIpc) is 3.40. The maximum atomic E-state index is 11.7. The lowest BCUT2D eigenvalue weighted by Crippen LogP contribution is -2.13. The molecule has 4 rings (SSSR count). The first kappa shape index (κ1) is 14.5. The van der Waals surface area contributed by atoms with Crippen molar-refractivity contribution in [1.82, 2.24) is 9.97 Å². The number of hydrogen-bond donors (Lipinski definition) is 2. The summed E-state index contributed by atoms with van der Waals surface area (Å²) in [6.07, 6.45) is 4.27. The van der Waals surface area contributed by atoms with Crippen LogP contribution in [0.4, 0.5) is 17.2 Å². The van der Waals surface area contributed by atoms with Crippen LogP contribution in [0.3, 0.4) is 0 Å². The number of nitrogens with zero attached hydrogens (tertiary/aromatic N) is 2. The minimum Gasteiger partial charge on any atom is -0.340 e. The van der Waals surface area contributed by atoms with Crippen molar-refractivity contribution in [2.24, 2.45) is 5.92 Å². The Hall–Kier alpha value is -2.14. The van der Waals surface area contributed by atoms with Crippen LogP contribution in [0.15, 0.2) is 30.3 Å². The zero-order valence-corrected chi connectivity index (χ0v) is 13.3. The molecule has 2 fully saturated rings. The highest BCUT2D eigenvalue weighted by molar-refractivity contribution is 6.29. The van der Waals surface area contributed by atoms with E-state index in [1.54, 1.807) is 6.07 Å². The van der Waals surface area contributed by atoms with Gasteiger partial charge < -0.3 is 10.6 Å². The Morgan fingerprint density at radius 3 is 2.39 bits per heavy atom. The monoisotopic (exact) mass is 328 g/mol. The Bertz CT molecular complexity index is 739. The minimum atomic E-state index is 0.113. The molecule has 2 aliphatic rings. The third kappa shape index (κ3) is 3.62. The Morgan fingerprint density at radius 1 is 1.04 bits per heavy atom. The van der Waals surface area contributed by atoms with E-state index in [2.05, 4.69) is 20.6 Å². The Labute approximate surface area is 139 Å². The van der Waals surface area contributed by atoms with Crippen LogP contribution in [0, 0.1) is 5.92 Å². The predicted octanol–water partition coefficient (Wildman–Crippen LogP) is 4.10. The first-order valence-electron chi connectivity index (χ1n) is 7.90. The van der Waals surface area contributed by atoms with Crippen molar-refractivity contribution >= 4 is 34.7 Å². The highest BCUT2D eigenvalue weighted by atomic mass is 35.5. The molecule has 1 aromatic carbocycles. The maximum absolute atomic E-state index is 11.7. The molecule has 1 aromatic heterocycles. The Morgan fingerprint density at radius 2 is 1.74 bits per heavy atom. The molecule has 1 heterocycles. The summed E-state index contributed by atoms with van der Waals surface area (Å²) >= 11 is 6.07. The summed E-state index contributed by atoms with van der Waals surface area (Å²) in [7, 11) is 0. The summed E-state index contributed by atoms with van der Waals surface area (Å²) in [6.45, 7) is 0. The second-order valence-corrected chi connectivity index (χ2v) is 6.56. The molecule has 0 bridgehead atoms. The number of rotatable bonds is 5. The normalized spacial score (nSPS) is 16.9. The quantitative estimate of drug-likeness (QED) is 0.811. The third-order valence-corrected chi connectivity index (χ3v) is 4.22. The lowest BCUT2D eigenvalue weighted by atomic mass is 10.2. The van der Waals surface area contributed by atoms with Crippen LogP contribution in [0.25, 0.3) is 0 Å². The van der Waals surface area contributed by atoms with Gasteiger partial charge in [-0.2, -0.15) is 0 Å². The Kier molecular flexibility index (Phi) is 3.65. The average molecular weight is 329 g/mol.